The third kappa shape index (κ3) is 5.74. The Balaban J connectivity index is 1.86. The van der Waals surface area contributed by atoms with Gasteiger partial charge in [0.1, 0.15) is 9.88 Å². The van der Waals surface area contributed by atoms with Crippen LogP contribution in [0.15, 0.2) is 29.2 Å². The third-order valence-corrected chi connectivity index (χ3v) is 8.99. The normalized spacial score (nSPS) is 16.5. The lowest BCUT2D eigenvalue weighted by atomic mass is 10.1. The van der Waals surface area contributed by atoms with E-state index in [4.69, 9.17) is 9.47 Å². The van der Waals surface area contributed by atoms with E-state index in [2.05, 4.69) is 5.32 Å². The van der Waals surface area contributed by atoms with Gasteiger partial charge in [-0.15, -0.1) is 11.3 Å². The van der Waals surface area contributed by atoms with E-state index in [9.17, 15) is 22.8 Å². The lowest BCUT2D eigenvalue weighted by molar-refractivity contribution is 0.0527. The van der Waals surface area contributed by atoms with Crippen molar-refractivity contribution in [3.05, 3.63) is 45.8 Å². The molecule has 190 valence electrons. The lowest BCUT2D eigenvalue weighted by Gasteiger charge is -2.32. The van der Waals surface area contributed by atoms with Crippen molar-refractivity contribution in [3.8, 4) is 0 Å². The van der Waals surface area contributed by atoms with Gasteiger partial charge in [-0.1, -0.05) is 6.42 Å². The number of sulfonamides is 1. The lowest BCUT2D eigenvalue weighted by Crippen LogP contribution is -2.41. The largest absolute Gasteiger partial charge is 0.462 e. The van der Waals surface area contributed by atoms with Crippen molar-refractivity contribution >= 4 is 44.2 Å². The van der Waals surface area contributed by atoms with Gasteiger partial charge in [0.25, 0.3) is 5.91 Å². The number of piperidine rings is 1. The van der Waals surface area contributed by atoms with Crippen LogP contribution in [-0.4, -0.2) is 56.4 Å². The number of benzene rings is 1. The predicted molar refractivity (Wildman–Crippen MR) is 133 cm³/mol. The molecule has 1 aromatic carbocycles. The van der Waals surface area contributed by atoms with E-state index >= 15 is 0 Å². The molecule has 1 aliphatic rings. The average Bonchev–Trinajstić information content (AvgIpc) is 3.15. The molecule has 11 heteroatoms. The molecule has 1 fully saturated rings. The Labute approximate surface area is 209 Å². The van der Waals surface area contributed by atoms with E-state index in [1.54, 1.807) is 20.8 Å². The van der Waals surface area contributed by atoms with Crippen LogP contribution in [0.2, 0.25) is 0 Å². The zero-order chi connectivity index (χ0) is 25.8. The van der Waals surface area contributed by atoms with Crippen molar-refractivity contribution < 1.29 is 32.3 Å². The number of carbonyl (C=O) groups is 3. The summed E-state index contributed by atoms with van der Waals surface area (Å²) in [6.45, 7) is 7.58. The molecule has 2 aromatic rings. The Bertz CT molecular complexity index is 1200. The van der Waals surface area contributed by atoms with Crippen LogP contribution in [0.3, 0.4) is 0 Å². The Morgan fingerprint density at radius 2 is 1.69 bits per heavy atom. The standard InChI is InChI=1S/C24H30N2O7S2/c1-5-32-23(28)19-16(4)20(24(29)33-6-2)34-22(19)25-21(27)17-10-12-18(13-11-17)35(30,31)26-14-8-7-9-15(26)3/h10-13,15H,5-9,14H2,1-4H3,(H,25,27). The third-order valence-electron chi connectivity index (χ3n) is 5.78. The maximum absolute atomic E-state index is 13.0. The summed E-state index contributed by atoms with van der Waals surface area (Å²) in [6, 6.07) is 5.58. The molecule has 2 heterocycles. The van der Waals surface area contributed by atoms with Crippen molar-refractivity contribution in [3.63, 3.8) is 0 Å². The second kappa shape index (κ2) is 11.3. The fourth-order valence-corrected chi connectivity index (χ4v) is 6.74. The fraction of sp³-hybridized carbons (Fsp3) is 0.458. The van der Waals surface area contributed by atoms with Crippen molar-refractivity contribution in [1.82, 2.24) is 4.31 Å². The Kier molecular flexibility index (Phi) is 8.68. The molecule has 0 aliphatic carbocycles. The van der Waals surface area contributed by atoms with Gasteiger partial charge in [-0.05, 0) is 70.4 Å². The number of thiophene rings is 1. The van der Waals surface area contributed by atoms with Crippen LogP contribution in [0.4, 0.5) is 5.00 Å². The summed E-state index contributed by atoms with van der Waals surface area (Å²) in [4.78, 5) is 38.1. The summed E-state index contributed by atoms with van der Waals surface area (Å²) in [5.74, 6) is -1.81. The van der Waals surface area contributed by atoms with E-state index in [0.717, 1.165) is 30.6 Å². The van der Waals surface area contributed by atoms with E-state index in [1.807, 2.05) is 6.92 Å². The highest BCUT2D eigenvalue weighted by Crippen LogP contribution is 2.35. The molecule has 3 rings (SSSR count). The van der Waals surface area contributed by atoms with Crippen molar-refractivity contribution in [1.29, 1.82) is 0 Å². The minimum atomic E-state index is -3.66. The smallest absolute Gasteiger partial charge is 0.348 e. The first-order valence-electron chi connectivity index (χ1n) is 11.5. The number of carbonyl (C=O) groups excluding carboxylic acids is 3. The quantitative estimate of drug-likeness (QED) is 0.516. The molecule has 1 saturated heterocycles. The van der Waals surface area contributed by atoms with Crippen LogP contribution in [0.25, 0.3) is 0 Å². The Hall–Kier alpha value is -2.76. The van der Waals surface area contributed by atoms with Gasteiger partial charge in [-0.25, -0.2) is 18.0 Å². The van der Waals surface area contributed by atoms with Crippen LogP contribution in [-0.2, 0) is 19.5 Å². The van der Waals surface area contributed by atoms with Crippen LogP contribution >= 0.6 is 11.3 Å². The maximum Gasteiger partial charge on any atom is 0.348 e. The zero-order valence-electron chi connectivity index (χ0n) is 20.3. The summed E-state index contributed by atoms with van der Waals surface area (Å²) in [7, 11) is -3.66. The zero-order valence-corrected chi connectivity index (χ0v) is 21.9. The molecule has 1 atom stereocenters. The first kappa shape index (κ1) is 26.8. The molecular formula is C24H30N2O7S2. The SMILES string of the molecule is CCOC(=O)c1sc(NC(=O)c2ccc(S(=O)(=O)N3CCCCC3C)cc2)c(C(=O)OCC)c1C. The molecule has 1 unspecified atom stereocenters. The molecule has 1 aliphatic heterocycles. The number of ether oxygens (including phenoxy) is 2. The molecule has 0 radical (unpaired) electrons. The molecule has 0 saturated carbocycles. The van der Waals surface area contributed by atoms with Crippen molar-refractivity contribution in [2.75, 3.05) is 25.1 Å². The molecule has 1 aromatic heterocycles. The molecule has 9 nitrogen and oxygen atoms in total. The molecular weight excluding hydrogens is 492 g/mol. The summed E-state index contributed by atoms with van der Waals surface area (Å²) in [5.41, 5.74) is 0.653. The van der Waals surface area contributed by atoms with Gasteiger partial charge >= 0.3 is 11.9 Å². The number of hydrogen-bond donors (Lipinski definition) is 1. The molecule has 1 amide bonds. The topological polar surface area (TPSA) is 119 Å². The Morgan fingerprint density at radius 1 is 1.06 bits per heavy atom. The Morgan fingerprint density at radius 3 is 2.29 bits per heavy atom. The van der Waals surface area contributed by atoms with Gasteiger partial charge < -0.3 is 14.8 Å². The highest BCUT2D eigenvalue weighted by atomic mass is 32.2. The average molecular weight is 523 g/mol. The van der Waals surface area contributed by atoms with E-state index in [-0.39, 0.29) is 45.2 Å². The highest BCUT2D eigenvalue weighted by Gasteiger charge is 2.31. The van der Waals surface area contributed by atoms with E-state index in [0.29, 0.717) is 12.1 Å². The van der Waals surface area contributed by atoms with Crippen molar-refractivity contribution in [2.45, 2.75) is 57.9 Å². The number of anilines is 1. The van der Waals surface area contributed by atoms with Crippen LogP contribution in [0, 0.1) is 6.92 Å². The minimum Gasteiger partial charge on any atom is -0.462 e. The number of nitrogens with zero attached hydrogens (tertiary/aromatic N) is 1. The molecule has 1 N–H and O–H groups in total. The first-order valence-corrected chi connectivity index (χ1v) is 13.8. The molecule has 0 spiro atoms. The number of amides is 1. The van der Waals surface area contributed by atoms with Gasteiger partial charge in [0.05, 0.1) is 23.7 Å². The summed E-state index contributed by atoms with van der Waals surface area (Å²) >= 11 is 0.928. The fourth-order valence-electron chi connectivity index (χ4n) is 3.96. The van der Waals surface area contributed by atoms with Crippen LogP contribution in [0.5, 0.6) is 0 Å². The minimum absolute atomic E-state index is 0.0753. The second-order valence-corrected chi connectivity index (χ2v) is 11.1. The monoisotopic (exact) mass is 522 g/mol. The van der Waals surface area contributed by atoms with E-state index in [1.165, 1.54) is 28.6 Å². The van der Waals surface area contributed by atoms with Gasteiger partial charge in [0.2, 0.25) is 10.0 Å². The number of rotatable bonds is 8. The van der Waals surface area contributed by atoms with Gasteiger partial charge in [-0.3, -0.25) is 4.79 Å². The maximum atomic E-state index is 13.0. The number of hydrogen-bond acceptors (Lipinski definition) is 8. The number of esters is 2. The second-order valence-electron chi connectivity index (χ2n) is 8.14. The van der Waals surface area contributed by atoms with Crippen LogP contribution < -0.4 is 5.32 Å². The first-order chi connectivity index (χ1) is 16.6. The highest BCUT2D eigenvalue weighted by molar-refractivity contribution is 7.89. The van der Waals surface area contributed by atoms with Gasteiger partial charge in [-0.2, -0.15) is 4.31 Å². The van der Waals surface area contributed by atoms with Gasteiger partial charge in [0.15, 0.2) is 0 Å². The molecule has 0 bridgehead atoms. The van der Waals surface area contributed by atoms with E-state index < -0.39 is 27.9 Å². The predicted octanol–water partition coefficient (Wildman–Crippen LogP) is 4.23. The molecule has 35 heavy (non-hydrogen) atoms. The van der Waals surface area contributed by atoms with Crippen LogP contribution in [0.1, 0.15) is 76.0 Å². The van der Waals surface area contributed by atoms with Gasteiger partial charge in [0, 0.05) is 18.2 Å². The summed E-state index contributed by atoms with van der Waals surface area (Å²) in [6.07, 6.45) is 2.64. The van der Waals surface area contributed by atoms with Crippen molar-refractivity contribution in [2.24, 2.45) is 0 Å². The number of nitrogens with one attached hydrogen (secondary N) is 1. The summed E-state index contributed by atoms with van der Waals surface area (Å²) < 4.78 is 37.7. The summed E-state index contributed by atoms with van der Waals surface area (Å²) in [5, 5.41) is 2.82.